The molecule has 1 aliphatic heterocycles. The summed E-state index contributed by atoms with van der Waals surface area (Å²) >= 11 is 0. The normalized spacial score (nSPS) is 15.8. The molecule has 0 spiro atoms. The van der Waals surface area contributed by atoms with E-state index in [9.17, 15) is 14.4 Å². The summed E-state index contributed by atoms with van der Waals surface area (Å²) in [6.07, 6.45) is 3.21. The van der Waals surface area contributed by atoms with Crippen LogP contribution in [0.3, 0.4) is 0 Å². The summed E-state index contributed by atoms with van der Waals surface area (Å²) in [6.45, 7) is 0.158. The largest absolute Gasteiger partial charge is 0.497 e. The van der Waals surface area contributed by atoms with E-state index < -0.39 is 11.9 Å². The number of nitrogens with zero attached hydrogens (tertiary/aromatic N) is 3. The molecule has 1 aromatic heterocycles. The van der Waals surface area contributed by atoms with E-state index in [0.717, 1.165) is 10.5 Å². The van der Waals surface area contributed by atoms with Crippen LogP contribution < -0.4 is 9.64 Å². The number of pyridine rings is 1. The van der Waals surface area contributed by atoms with Crippen molar-refractivity contribution in [3.8, 4) is 5.75 Å². The monoisotopic (exact) mass is 415 g/mol. The number of rotatable bonds is 6. The van der Waals surface area contributed by atoms with E-state index >= 15 is 0 Å². The van der Waals surface area contributed by atoms with Gasteiger partial charge in [-0.3, -0.25) is 19.4 Å². The van der Waals surface area contributed by atoms with Crippen LogP contribution >= 0.6 is 0 Å². The van der Waals surface area contributed by atoms with E-state index in [4.69, 9.17) is 4.74 Å². The zero-order valence-electron chi connectivity index (χ0n) is 17.0. The number of carbonyl (C=O) groups excluding carboxylic acids is 3. The number of hydrogen-bond acceptors (Lipinski definition) is 5. The Bertz CT molecular complexity index is 1080. The Hall–Kier alpha value is -4.00. The highest BCUT2D eigenvalue weighted by molar-refractivity contribution is 6.23. The second-order valence-corrected chi connectivity index (χ2v) is 7.15. The number of aromatic nitrogens is 1. The van der Waals surface area contributed by atoms with Crippen LogP contribution in [0.1, 0.15) is 22.3 Å². The standard InChI is InChI=1S/C24H21N3O4/c1-31-20-11-9-18(10-12-20)23(29)26(16-17-6-5-13-25-15-17)21-14-22(28)27(24(21)30)19-7-3-2-4-8-19/h2-13,15,21H,14,16H2,1H3. The van der Waals surface area contributed by atoms with E-state index in [-0.39, 0.29) is 24.8 Å². The first-order valence-corrected chi connectivity index (χ1v) is 9.84. The molecule has 0 N–H and O–H groups in total. The van der Waals surface area contributed by atoms with Gasteiger partial charge in [0.2, 0.25) is 5.91 Å². The first-order valence-electron chi connectivity index (χ1n) is 9.84. The molecule has 4 rings (SSSR count). The maximum Gasteiger partial charge on any atom is 0.257 e. The Labute approximate surface area is 179 Å². The Balaban J connectivity index is 1.67. The Morgan fingerprint density at radius 3 is 2.45 bits per heavy atom. The molecule has 3 aromatic rings. The number of imide groups is 1. The molecule has 1 atom stereocenters. The van der Waals surface area contributed by atoms with E-state index in [1.165, 1.54) is 4.90 Å². The summed E-state index contributed by atoms with van der Waals surface area (Å²) in [5.41, 5.74) is 1.67. The lowest BCUT2D eigenvalue weighted by Crippen LogP contribution is -2.45. The predicted octanol–water partition coefficient (Wildman–Crippen LogP) is 3.06. The van der Waals surface area contributed by atoms with Gasteiger partial charge in [0, 0.05) is 24.5 Å². The van der Waals surface area contributed by atoms with E-state index in [0.29, 0.717) is 17.0 Å². The van der Waals surface area contributed by atoms with Gasteiger partial charge in [0.1, 0.15) is 11.8 Å². The van der Waals surface area contributed by atoms with E-state index in [2.05, 4.69) is 4.98 Å². The predicted molar refractivity (Wildman–Crippen MR) is 114 cm³/mol. The summed E-state index contributed by atoms with van der Waals surface area (Å²) in [5, 5.41) is 0. The molecule has 1 unspecified atom stereocenters. The van der Waals surface area contributed by atoms with Gasteiger partial charge in [-0.2, -0.15) is 0 Å². The highest BCUT2D eigenvalue weighted by Crippen LogP contribution is 2.28. The molecule has 2 heterocycles. The minimum Gasteiger partial charge on any atom is -0.497 e. The Morgan fingerprint density at radius 2 is 1.81 bits per heavy atom. The number of amides is 3. The fraction of sp³-hybridized carbons (Fsp3) is 0.167. The summed E-state index contributed by atoms with van der Waals surface area (Å²) in [4.78, 5) is 46.1. The quantitative estimate of drug-likeness (QED) is 0.578. The fourth-order valence-electron chi connectivity index (χ4n) is 3.62. The van der Waals surface area contributed by atoms with Gasteiger partial charge >= 0.3 is 0 Å². The van der Waals surface area contributed by atoms with Crippen LogP contribution in [0.5, 0.6) is 5.75 Å². The summed E-state index contributed by atoms with van der Waals surface area (Å²) in [7, 11) is 1.55. The molecule has 3 amide bonds. The number of hydrogen-bond donors (Lipinski definition) is 0. The van der Waals surface area contributed by atoms with Crippen molar-refractivity contribution in [2.45, 2.75) is 19.0 Å². The number of methoxy groups -OCH3 is 1. The second-order valence-electron chi connectivity index (χ2n) is 7.15. The van der Waals surface area contributed by atoms with Crippen molar-refractivity contribution >= 4 is 23.4 Å². The van der Waals surface area contributed by atoms with E-state index in [1.807, 2.05) is 12.1 Å². The highest BCUT2D eigenvalue weighted by atomic mass is 16.5. The van der Waals surface area contributed by atoms with Gasteiger partial charge in [-0.1, -0.05) is 24.3 Å². The van der Waals surface area contributed by atoms with Crippen LogP contribution in [0.4, 0.5) is 5.69 Å². The molecular weight excluding hydrogens is 394 g/mol. The van der Waals surface area contributed by atoms with E-state index in [1.54, 1.807) is 74.1 Å². The smallest absolute Gasteiger partial charge is 0.257 e. The van der Waals surface area contributed by atoms with Gasteiger partial charge < -0.3 is 9.64 Å². The number of para-hydroxylation sites is 1. The first-order chi connectivity index (χ1) is 15.1. The molecule has 7 nitrogen and oxygen atoms in total. The van der Waals surface area contributed by atoms with Crippen LogP contribution in [-0.2, 0) is 16.1 Å². The number of anilines is 1. The van der Waals surface area contributed by atoms with Gasteiger partial charge in [-0.15, -0.1) is 0 Å². The van der Waals surface area contributed by atoms with Crippen LogP contribution in [0.25, 0.3) is 0 Å². The summed E-state index contributed by atoms with van der Waals surface area (Å²) in [6, 6.07) is 18.1. The molecule has 31 heavy (non-hydrogen) atoms. The lowest BCUT2D eigenvalue weighted by molar-refractivity contribution is -0.122. The molecule has 7 heteroatoms. The molecule has 2 aromatic carbocycles. The molecule has 1 saturated heterocycles. The third-order valence-electron chi connectivity index (χ3n) is 5.19. The molecule has 0 aliphatic carbocycles. The molecular formula is C24H21N3O4. The average molecular weight is 415 g/mol. The maximum absolute atomic E-state index is 13.4. The molecule has 1 fully saturated rings. The van der Waals surface area contributed by atoms with Crippen molar-refractivity contribution in [3.05, 3.63) is 90.3 Å². The van der Waals surface area contributed by atoms with Gasteiger partial charge in [-0.05, 0) is 48.0 Å². The van der Waals surface area contributed by atoms with Crippen molar-refractivity contribution in [2.75, 3.05) is 12.0 Å². The van der Waals surface area contributed by atoms with Gasteiger partial charge in [-0.25, -0.2) is 4.90 Å². The number of carbonyl (C=O) groups is 3. The number of ether oxygens (including phenoxy) is 1. The van der Waals surface area contributed by atoms with Crippen molar-refractivity contribution in [3.63, 3.8) is 0 Å². The average Bonchev–Trinajstić information content (AvgIpc) is 3.11. The van der Waals surface area contributed by atoms with Crippen LogP contribution in [0.15, 0.2) is 79.1 Å². The third-order valence-corrected chi connectivity index (χ3v) is 5.19. The van der Waals surface area contributed by atoms with Crippen molar-refractivity contribution in [1.82, 2.24) is 9.88 Å². The summed E-state index contributed by atoms with van der Waals surface area (Å²) in [5.74, 6) is -0.466. The maximum atomic E-state index is 13.4. The zero-order chi connectivity index (χ0) is 21.8. The van der Waals surface area contributed by atoms with Crippen LogP contribution in [0.2, 0.25) is 0 Å². The minimum absolute atomic E-state index is 0.0735. The Morgan fingerprint density at radius 1 is 1.06 bits per heavy atom. The highest BCUT2D eigenvalue weighted by Gasteiger charge is 2.44. The zero-order valence-corrected chi connectivity index (χ0v) is 17.0. The second kappa shape index (κ2) is 8.79. The van der Waals surface area contributed by atoms with Crippen LogP contribution in [0, 0.1) is 0 Å². The van der Waals surface area contributed by atoms with Crippen molar-refractivity contribution < 1.29 is 19.1 Å². The summed E-state index contributed by atoms with van der Waals surface area (Å²) < 4.78 is 5.16. The third kappa shape index (κ3) is 4.16. The Kier molecular flexibility index (Phi) is 5.75. The lowest BCUT2D eigenvalue weighted by Gasteiger charge is -2.28. The number of benzene rings is 2. The molecule has 0 saturated carbocycles. The van der Waals surface area contributed by atoms with Gasteiger partial charge in [0.25, 0.3) is 11.8 Å². The lowest BCUT2D eigenvalue weighted by atomic mass is 10.1. The van der Waals surface area contributed by atoms with Crippen LogP contribution in [-0.4, -0.2) is 40.8 Å². The van der Waals surface area contributed by atoms with Crippen molar-refractivity contribution in [1.29, 1.82) is 0 Å². The molecule has 156 valence electrons. The molecule has 1 aliphatic rings. The minimum atomic E-state index is -0.900. The van der Waals surface area contributed by atoms with Gasteiger partial charge in [0.15, 0.2) is 0 Å². The van der Waals surface area contributed by atoms with Crippen molar-refractivity contribution in [2.24, 2.45) is 0 Å². The topological polar surface area (TPSA) is 79.8 Å². The van der Waals surface area contributed by atoms with Gasteiger partial charge in [0.05, 0.1) is 19.2 Å². The SMILES string of the molecule is COc1ccc(C(=O)N(Cc2cccnc2)C2CC(=O)N(c3ccccc3)C2=O)cc1. The molecule has 0 radical (unpaired) electrons. The first kappa shape index (κ1) is 20.3. The fourth-order valence-corrected chi connectivity index (χ4v) is 3.62. The molecule has 0 bridgehead atoms.